The first-order valence-corrected chi connectivity index (χ1v) is 5.53. The summed E-state index contributed by atoms with van der Waals surface area (Å²) in [6, 6.07) is 1.05. The summed E-state index contributed by atoms with van der Waals surface area (Å²) in [5, 5.41) is 9.66. The summed E-state index contributed by atoms with van der Waals surface area (Å²) in [6.07, 6.45) is -10.2. The van der Waals surface area contributed by atoms with E-state index in [1.54, 1.807) is 13.8 Å². The van der Waals surface area contributed by atoms with Crippen molar-refractivity contribution >= 4 is 0 Å². The van der Waals surface area contributed by atoms with Crippen LogP contribution in [0.15, 0.2) is 29.8 Å². The van der Waals surface area contributed by atoms with Gasteiger partial charge < -0.3 is 5.11 Å². The second-order valence-corrected chi connectivity index (χ2v) is 4.53. The molecule has 1 rings (SSSR count). The highest BCUT2D eigenvalue weighted by Crippen LogP contribution is 2.37. The molecule has 0 radical (unpaired) electrons. The van der Waals surface area contributed by atoms with E-state index in [9.17, 15) is 31.4 Å². The van der Waals surface area contributed by atoms with Crippen LogP contribution in [0, 0.1) is 0 Å². The number of allylic oxidation sites excluding steroid dienone is 1. The van der Waals surface area contributed by atoms with Crippen molar-refractivity contribution in [3.05, 3.63) is 46.5 Å². The van der Waals surface area contributed by atoms with Crippen molar-refractivity contribution < 1.29 is 31.4 Å². The number of benzene rings is 1. The molecule has 1 aromatic rings. The van der Waals surface area contributed by atoms with E-state index in [2.05, 4.69) is 0 Å². The van der Waals surface area contributed by atoms with Gasteiger partial charge in [-0.15, -0.1) is 0 Å². The zero-order chi connectivity index (χ0) is 15.7. The molecule has 1 atom stereocenters. The summed E-state index contributed by atoms with van der Waals surface area (Å²) in [5.41, 5.74) is -2.76. The van der Waals surface area contributed by atoms with Gasteiger partial charge in [-0.3, -0.25) is 0 Å². The Kier molecular flexibility index (Phi) is 4.53. The minimum absolute atomic E-state index is 0.0265. The summed E-state index contributed by atoms with van der Waals surface area (Å²) >= 11 is 0. The van der Waals surface area contributed by atoms with Gasteiger partial charge >= 0.3 is 12.4 Å². The second-order valence-electron chi connectivity index (χ2n) is 4.53. The Balaban J connectivity index is 3.42. The molecular weight excluding hydrogens is 286 g/mol. The molecule has 0 aliphatic carbocycles. The fourth-order valence-electron chi connectivity index (χ4n) is 1.56. The summed E-state index contributed by atoms with van der Waals surface area (Å²) in [5.74, 6) is 0. The third kappa shape index (κ3) is 4.26. The first-order chi connectivity index (χ1) is 8.91. The van der Waals surface area contributed by atoms with E-state index in [0.29, 0.717) is 17.7 Å². The minimum atomic E-state index is -4.92. The highest BCUT2D eigenvalue weighted by molar-refractivity contribution is 5.36. The number of rotatable bonds is 2. The zero-order valence-electron chi connectivity index (χ0n) is 10.6. The normalized spacial score (nSPS) is 14.1. The zero-order valence-corrected chi connectivity index (χ0v) is 10.6. The fourth-order valence-corrected chi connectivity index (χ4v) is 1.56. The molecule has 0 fully saturated rings. The van der Waals surface area contributed by atoms with Crippen molar-refractivity contribution in [3.63, 3.8) is 0 Å². The van der Waals surface area contributed by atoms with Gasteiger partial charge in [-0.05, 0) is 37.6 Å². The predicted molar refractivity (Wildman–Crippen MR) is 60.8 cm³/mol. The third-order valence-electron chi connectivity index (χ3n) is 2.44. The molecule has 1 N–H and O–H groups in total. The van der Waals surface area contributed by atoms with Gasteiger partial charge in [0, 0.05) is 0 Å². The van der Waals surface area contributed by atoms with Gasteiger partial charge in [0.15, 0.2) is 0 Å². The van der Waals surface area contributed by atoms with Crippen LogP contribution in [0.2, 0.25) is 0 Å². The lowest BCUT2D eigenvalue weighted by Gasteiger charge is -2.16. The first-order valence-electron chi connectivity index (χ1n) is 5.53. The van der Waals surface area contributed by atoms with Crippen LogP contribution in [0.5, 0.6) is 0 Å². The van der Waals surface area contributed by atoms with Gasteiger partial charge in [0.05, 0.1) is 17.2 Å². The van der Waals surface area contributed by atoms with Crippen molar-refractivity contribution in [2.75, 3.05) is 0 Å². The highest BCUT2D eigenvalue weighted by Gasteiger charge is 2.37. The molecule has 1 nitrogen and oxygen atoms in total. The molecule has 0 saturated heterocycles. The lowest BCUT2D eigenvalue weighted by atomic mass is 10.00. The smallest absolute Gasteiger partial charge is 0.384 e. The number of halogens is 6. The molecule has 0 bridgehead atoms. The van der Waals surface area contributed by atoms with E-state index in [0.717, 1.165) is 0 Å². The van der Waals surface area contributed by atoms with Gasteiger partial charge in [0.1, 0.15) is 0 Å². The first kappa shape index (κ1) is 16.6. The van der Waals surface area contributed by atoms with Gasteiger partial charge in [-0.2, -0.15) is 26.3 Å². The van der Waals surface area contributed by atoms with Crippen LogP contribution in [0.25, 0.3) is 0 Å². The highest BCUT2D eigenvalue weighted by atomic mass is 19.4. The van der Waals surface area contributed by atoms with Crippen LogP contribution in [0.4, 0.5) is 26.3 Å². The van der Waals surface area contributed by atoms with Crippen molar-refractivity contribution in [1.29, 1.82) is 0 Å². The summed E-state index contributed by atoms with van der Waals surface area (Å²) in [6.45, 7) is 3.14. The van der Waals surface area contributed by atoms with Crippen molar-refractivity contribution in [2.24, 2.45) is 0 Å². The van der Waals surface area contributed by atoms with Gasteiger partial charge in [-0.25, -0.2) is 0 Å². The summed E-state index contributed by atoms with van der Waals surface area (Å²) in [4.78, 5) is 0. The molecule has 0 aliphatic heterocycles. The molecule has 0 aliphatic rings. The van der Waals surface area contributed by atoms with Crippen LogP contribution in [-0.4, -0.2) is 5.11 Å². The maximum atomic E-state index is 12.6. The molecular formula is C13H12F6O. The predicted octanol–water partition coefficient (Wildman–Crippen LogP) is 4.72. The topological polar surface area (TPSA) is 20.2 Å². The fraction of sp³-hybridized carbons (Fsp3) is 0.385. The SMILES string of the molecule is CC(C)=CC(O)c1cc(C(F)(F)F)cc(C(F)(F)F)c1. The van der Waals surface area contributed by atoms with E-state index in [1.807, 2.05) is 0 Å². The Hall–Kier alpha value is -1.50. The van der Waals surface area contributed by atoms with E-state index in [-0.39, 0.29) is 6.07 Å². The second kappa shape index (κ2) is 5.47. The van der Waals surface area contributed by atoms with Crippen LogP contribution < -0.4 is 0 Å². The quantitative estimate of drug-likeness (QED) is 0.618. The largest absolute Gasteiger partial charge is 0.416 e. The standard InChI is InChI=1S/C13H12F6O/c1-7(2)3-11(20)8-4-9(12(14,15)16)6-10(5-8)13(17,18)19/h3-6,11,20H,1-2H3. The number of aliphatic hydroxyl groups excluding tert-OH is 1. The van der Waals surface area contributed by atoms with Crippen LogP contribution in [0.1, 0.15) is 36.6 Å². The molecule has 1 unspecified atom stereocenters. The molecule has 0 heterocycles. The minimum Gasteiger partial charge on any atom is -0.384 e. The maximum absolute atomic E-state index is 12.6. The van der Waals surface area contributed by atoms with Crippen LogP contribution in [-0.2, 0) is 12.4 Å². The Morgan fingerprint density at radius 1 is 0.950 bits per heavy atom. The van der Waals surface area contributed by atoms with Gasteiger partial charge in [0.2, 0.25) is 0 Å². The molecule has 0 spiro atoms. The summed E-state index contributed by atoms with van der Waals surface area (Å²) < 4.78 is 75.6. The third-order valence-corrected chi connectivity index (χ3v) is 2.44. The molecule has 7 heteroatoms. The molecule has 1 aromatic carbocycles. The Morgan fingerprint density at radius 3 is 1.65 bits per heavy atom. The monoisotopic (exact) mass is 298 g/mol. The molecule has 0 amide bonds. The number of hydrogen-bond acceptors (Lipinski definition) is 1. The van der Waals surface area contributed by atoms with E-state index in [1.165, 1.54) is 6.08 Å². The number of aliphatic hydroxyl groups is 1. The van der Waals surface area contributed by atoms with Crippen molar-refractivity contribution in [3.8, 4) is 0 Å². The Labute approximate surface area is 111 Å². The van der Waals surface area contributed by atoms with E-state index < -0.39 is 35.1 Å². The number of hydrogen-bond donors (Lipinski definition) is 1. The molecule has 0 saturated carbocycles. The summed E-state index contributed by atoms with van der Waals surface area (Å²) in [7, 11) is 0. The van der Waals surface area contributed by atoms with Gasteiger partial charge in [-0.1, -0.05) is 11.6 Å². The maximum Gasteiger partial charge on any atom is 0.416 e. The number of alkyl halides is 6. The molecule has 112 valence electrons. The lowest BCUT2D eigenvalue weighted by molar-refractivity contribution is -0.143. The lowest BCUT2D eigenvalue weighted by Crippen LogP contribution is -2.12. The van der Waals surface area contributed by atoms with Gasteiger partial charge in [0.25, 0.3) is 0 Å². The van der Waals surface area contributed by atoms with E-state index >= 15 is 0 Å². The molecule has 0 aromatic heterocycles. The van der Waals surface area contributed by atoms with Crippen LogP contribution >= 0.6 is 0 Å². The van der Waals surface area contributed by atoms with Crippen LogP contribution in [0.3, 0.4) is 0 Å². The molecule has 20 heavy (non-hydrogen) atoms. The van der Waals surface area contributed by atoms with E-state index in [4.69, 9.17) is 0 Å². The van der Waals surface area contributed by atoms with Crippen molar-refractivity contribution in [1.82, 2.24) is 0 Å². The van der Waals surface area contributed by atoms with Crippen molar-refractivity contribution in [2.45, 2.75) is 32.3 Å². The average molecular weight is 298 g/mol. The average Bonchev–Trinajstić information content (AvgIpc) is 2.25. The Bertz CT molecular complexity index is 476. The Morgan fingerprint density at radius 2 is 1.35 bits per heavy atom.